The number of benzene rings is 1. The lowest BCUT2D eigenvalue weighted by atomic mass is 10.1. The number of hydrogen-bond acceptors (Lipinski definition) is 3. The molecule has 0 aliphatic carbocycles. The van der Waals surface area contributed by atoms with Crippen molar-refractivity contribution in [2.24, 2.45) is 0 Å². The second-order valence-electron chi connectivity index (χ2n) is 4.86. The Morgan fingerprint density at radius 3 is 2.38 bits per heavy atom. The van der Waals surface area contributed by atoms with Crippen LogP contribution in [0.1, 0.15) is 24.5 Å². The Morgan fingerprint density at radius 2 is 1.71 bits per heavy atom. The summed E-state index contributed by atoms with van der Waals surface area (Å²) in [5.74, 6) is 1.30. The van der Waals surface area contributed by atoms with Crippen LogP contribution >= 0.6 is 23.2 Å². The molecule has 0 fully saturated rings. The van der Waals surface area contributed by atoms with E-state index < -0.39 is 0 Å². The van der Waals surface area contributed by atoms with Crippen molar-refractivity contribution in [2.45, 2.75) is 26.8 Å². The van der Waals surface area contributed by atoms with Crippen LogP contribution in [-0.4, -0.2) is 11.5 Å². The first-order chi connectivity index (χ1) is 10.1. The van der Waals surface area contributed by atoms with Crippen molar-refractivity contribution in [3.63, 3.8) is 0 Å². The molecule has 0 saturated carbocycles. The number of nitrogens with one attached hydrogen (secondary N) is 2. The summed E-state index contributed by atoms with van der Waals surface area (Å²) < 4.78 is 0. The van der Waals surface area contributed by atoms with Gasteiger partial charge in [0.15, 0.2) is 0 Å². The normalized spacial score (nSPS) is 10.5. The summed E-state index contributed by atoms with van der Waals surface area (Å²) in [6.45, 7) is 5.68. The van der Waals surface area contributed by atoms with Crippen LogP contribution in [-0.2, 0) is 6.54 Å². The maximum atomic E-state index is 6.20. The molecule has 0 radical (unpaired) electrons. The highest BCUT2D eigenvalue weighted by Crippen LogP contribution is 2.29. The number of halogens is 2. The monoisotopic (exact) mass is 323 g/mol. The molecule has 5 heteroatoms. The van der Waals surface area contributed by atoms with Gasteiger partial charge < -0.3 is 10.6 Å². The number of pyridine rings is 1. The van der Waals surface area contributed by atoms with Crippen molar-refractivity contribution < 1.29 is 0 Å². The Kier molecular flexibility index (Phi) is 5.71. The second kappa shape index (κ2) is 7.53. The molecule has 2 rings (SSSR count). The number of hydrogen-bond donors (Lipinski definition) is 2. The zero-order valence-electron chi connectivity index (χ0n) is 12.2. The van der Waals surface area contributed by atoms with Crippen LogP contribution in [0.5, 0.6) is 0 Å². The van der Waals surface area contributed by atoms with E-state index in [0.29, 0.717) is 28.2 Å². The van der Waals surface area contributed by atoms with Crippen molar-refractivity contribution in [2.75, 3.05) is 17.2 Å². The van der Waals surface area contributed by atoms with E-state index in [1.54, 1.807) is 6.07 Å². The van der Waals surface area contributed by atoms with Crippen LogP contribution in [0.25, 0.3) is 0 Å². The summed E-state index contributed by atoms with van der Waals surface area (Å²) in [6.07, 6.45) is 1.01. The van der Waals surface area contributed by atoms with E-state index in [1.807, 2.05) is 12.1 Å². The van der Waals surface area contributed by atoms with Gasteiger partial charge in [0, 0.05) is 13.1 Å². The van der Waals surface area contributed by atoms with Gasteiger partial charge in [0.05, 0.1) is 10.0 Å². The van der Waals surface area contributed by atoms with Crippen LogP contribution < -0.4 is 10.6 Å². The summed E-state index contributed by atoms with van der Waals surface area (Å²) in [5.41, 5.74) is 2.45. The van der Waals surface area contributed by atoms with Gasteiger partial charge in [-0.05, 0) is 30.5 Å². The molecule has 0 spiro atoms. The van der Waals surface area contributed by atoms with Gasteiger partial charge in [-0.15, -0.1) is 0 Å². The van der Waals surface area contributed by atoms with Crippen LogP contribution in [0.15, 0.2) is 30.3 Å². The van der Waals surface area contributed by atoms with Crippen molar-refractivity contribution in [3.05, 3.63) is 51.5 Å². The predicted molar refractivity (Wildman–Crippen MR) is 91.5 cm³/mol. The van der Waals surface area contributed by atoms with Crippen molar-refractivity contribution >= 4 is 34.8 Å². The van der Waals surface area contributed by atoms with Gasteiger partial charge in [-0.3, -0.25) is 0 Å². The zero-order chi connectivity index (χ0) is 15.2. The molecule has 0 saturated heterocycles. The van der Waals surface area contributed by atoms with E-state index in [2.05, 4.69) is 41.6 Å². The maximum absolute atomic E-state index is 6.20. The smallest absolute Gasteiger partial charge is 0.147 e. The number of nitrogens with zero attached hydrogens (tertiary/aromatic N) is 1. The van der Waals surface area contributed by atoms with E-state index in [1.165, 1.54) is 11.1 Å². The Hall–Kier alpha value is -1.45. The molecular formula is C16H19Cl2N3. The third-order valence-corrected chi connectivity index (χ3v) is 3.76. The third-order valence-electron chi connectivity index (χ3n) is 3.18. The SMILES string of the molecule is CCCNc1nc(NCc2ccccc2C)c(Cl)cc1Cl. The van der Waals surface area contributed by atoms with Gasteiger partial charge >= 0.3 is 0 Å². The van der Waals surface area contributed by atoms with Gasteiger partial charge in [0.25, 0.3) is 0 Å². The standard InChI is InChI=1S/C16H19Cl2N3/c1-3-8-19-15-13(17)9-14(18)16(21-15)20-10-12-7-5-4-6-11(12)2/h4-7,9H,3,8,10H2,1-2H3,(H2,19,20,21). The predicted octanol–water partition coefficient (Wildman–Crippen LogP) is 5.13. The first-order valence-electron chi connectivity index (χ1n) is 7.00. The minimum Gasteiger partial charge on any atom is -0.369 e. The summed E-state index contributed by atoms with van der Waals surface area (Å²) in [7, 11) is 0. The van der Waals surface area contributed by atoms with Crippen LogP contribution in [0.2, 0.25) is 10.0 Å². The summed E-state index contributed by atoms with van der Waals surface area (Å²) in [6, 6.07) is 9.94. The van der Waals surface area contributed by atoms with Crippen molar-refractivity contribution in [1.82, 2.24) is 4.98 Å². The molecule has 0 bridgehead atoms. The molecule has 0 aliphatic heterocycles. The molecule has 1 aromatic heterocycles. The molecular weight excluding hydrogens is 305 g/mol. The van der Waals surface area contributed by atoms with E-state index in [0.717, 1.165) is 13.0 Å². The van der Waals surface area contributed by atoms with Gasteiger partial charge in [0.1, 0.15) is 11.6 Å². The van der Waals surface area contributed by atoms with Crippen molar-refractivity contribution in [3.8, 4) is 0 Å². The first-order valence-corrected chi connectivity index (χ1v) is 7.75. The van der Waals surface area contributed by atoms with Gasteiger partial charge in [-0.1, -0.05) is 54.4 Å². The van der Waals surface area contributed by atoms with E-state index in [9.17, 15) is 0 Å². The molecule has 0 amide bonds. The topological polar surface area (TPSA) is 37.0 Å². The largest absolute Gasteiger partial charge is 0.369 e. The van der Waals surface area contributed by atoms with Crippen molar-refractivity contribution in [1.29, 1.82) is 0 Å². The number of rotatable bonds is 6. The Balaban J connectivity index is 2.14. The summed E-state index contributed by atoms with van der Waals surface area (Å²) >= 11 is 12.3. The van der Waals surface area contributed by atoms with Crippen LogP contribution in [0, 0.1) is 6.92 Å². The first kappa shape index (κ1) is 15.9. The lowest BCUT2D eigenvalue weighted by Crippen LogP contribution is -2.07. The van der Waals surface area contributed by atoms with Gasteiger partial charge in [-0.2, -0.15) is 0 Å². The minimum absolute atomic E-state index is 0.524. The number of aryl methyl sites for hydroxylation is 1. The Labute approximate surface area is 135 Å². The van der Waals surface area contributed by atoms with Crippen LogP contribution in [0.4, 0.5) is 11.6 Å². The fourth-order valence-corrected chi connectivity index (χ4v) is 2.44. The van der Waals surface area contributed by atoms with E-state index in [-0.39, 0.29) is 0 Å². The average molecular weight is 324 g/mol. The third kappa shape index (κ3) is 4.26. The van der Waals surface area contributed by atoms with Gasteiger partial charge in [0.2, 0.25) is 0 Å². The quantitative estimate of drug-likeness (QED) is 0.773. The Bertz CT molecular complexity index is 614. The highest BCUT2D eigenvalue weighted by Gasteiger charge is 2.09. The number of aromatic nitrogens is 1. The summed E-state index contributed by atoms with van der Waals surface area (Å²) in [5, 5.41) is 7.53. The molecule has 0 atom stereocenters. The Morgan fingerprint density at radius 1 is 1.05 bits per heavy atom. The van der Waals surface area contributed by atoms with E-state index >= 15 is 0 Å². The molecule has 112 valence electrons. The lowest BCUT2D eigenvalue weighted by molar-refractivity contribution is 0.968. The summed E-state index contributed by atoms with van der Waals surface area (Å²) in [4.78, 5) is 4.47. The van der Waals surface area contributed by atoms with Crippen LogP contribution in [0.3, 0.4) is 0 Å². The number of anilines is 2. The molecule has 21 heavy (non-hydrogen) atoms. The fourth-order valence-electron chi connectivity index (χ4n) is 1.95. The highest BCUT2D eigenvalue weighted by atomic mass is 35.5. The maximum Gasteiger partial charge on any atom is 0.147 e. The minimum atomic E-state index is 0.524. The molecule has 2 aromatic rings. The van der Waals surface area contributed by atoms with E-state index in [4.69, 9.17) is 23.2 Å². The average Bonchev–Trinajstić information content (AvgIpc) is 2.47. The van der Waals surface area contributed by atoms with Gasteiger partial charge in [-0.25, -0.2) is 4.98 Å². The molecule has 1 heterocycles. The molecule has 0 unspecified atom stereocenters. The molecule has 1 aromatic carbocycles. The zero-order valence-corrected chi connectivity index (χ0v) is 13.7. The molecule has 3 nitrogen and oxygen atoms in total. The highest BCUT2D eigenvalue weighted by molar-refractivity contribution is 6.37. The molecule has 2 N–H and O–H groups in total. The second-order valence-corrected chi connectivity index (χ2v) is 5.67. The molecule has 0 aliphatic rings. The fraction of sp³-hybridized carbons (Fsp3) is 0.312. The lowest BCUT2D eigenvalue weighted by Gasteiger charge is -2.13.